The van der Waals surface area contributed by atoms with E-state index in [4.69, 9.17) is 15.5 Å². The van der Waals surface area contributed by atoms with Gasteiger partial charge in [-0.05, 0) is 25.7 Å². The molecular weight excluding hydrogens is 264 g/mol. The fraction of sp³-hybridized carbons (Fsp3) is 0.750. The average molecular weight is 292 g/mol. The van der Waals surface area contributed by atoms with Crippen LogP contribution in [0.3, 0.4) is 0 Å². The van der Waals surface area contributed by atoms with Crippen LogP contribution in [0.4, 0.5) is 11.6 Å². The molecule has 0 radical (unpaired) electrons. The molecule has 1 fully saturated rings. The predicted molar refractivity (Wildman–Crippen MR) is 86.6 cm³/mol. The van der Waals surface area contributed by atoms with Gasteiger partial charge in [0.05, 0.1) is 6.61 Å². The van der Waals surface area contributed by atoms with Crippen LogP contribution in [-0.2, 0) is 10.2 Å². The van der Waals surface area contributed by atoms with E-state index in [9.17, 15) is 0 Å². The first-order chi connectivity index (χ1) is 9.82. The highest BCUT2D eigenvalue weighted by atomic mass is 16.5. The van der Waals surface area contributed by atoms with Gasteiger partial charge in [-0.15, -0.1) is 0 Å². The summed E-state index contributed by atoms with van der Waals surface area (Å²) in [6.07, 6.45) is 2.61. The van der Waals surface area contributed by atoms with Crippen LogP contribution in [0.2, 0.25) is 0 Å². The summed E-state index contributed by atoms with van der Waals surface area (Å²) in [5.74, 6) is 3.01. The second kappa shape index (κ2) is 6.18. The first kappa shape index (κ1) is 16.0. The molecule has 1 atom stereocenters. The zero-order chi connectivity index (χ0) is 15.6. The fourth-order valence-electron chi connectivity index (χ4n) is 2.48. The number of ether oxygens (including phenoxy) is 1. The smallest absolute Gasteiger partial charge is 0.138 e. The molecule has 5 nitrogen and oxygen atoms in total. The number of aromatic nitrogens is 2. The minimum absolute atomic E-state index is 0.111. The molecule has 0 bridgehead atoms. The SMILES string of the molecule is COCCN(c1cc(N)nc(C(C)(C)C)n1)C(C)C1CC1. The number of nitrogen functional groups attached to an aromatic ring is 1. The number of nitrogens with two attached hydrogens (primary N) is 1. The maximum atomic E-state index is 6.01. The maximum Gasteiger partial charge on any atom is 0.138 e. The molecule has 1 heterocycles. The Bertz CT molecular complexity index is 480. The Morgan fingerprint density at radius 2 is 2.05 bits per heavy atom. The minimum Gasteiger partial charge on any atom is -0.384 e. The molecule has 21 heavy (non-hydrogen) atoms. The molecule has 2 N–H and O–H groups in total. The van der Waals surface area contributed by atoms with E-state index in [0.29, 0.717) is 18.5 Å². The minimum atomic E-state index is -0.111. The van der Waals surface area contributed by atoms with E-state index < -0.39 is 0 Å². The molecule has 1 aliphatic carbocycles. The lowest BCUT2D eigenvalue weighted by Crippen LogP contribution is -2.38. The van der Waals surface area contributed by atoms with Crippen molar-refractivity contribution in [3.63, 3.8) is 0 Å². The van der Waals surface area contributed by atoms with Crippen molar-refractivity contribution in [2.75, 3.05) is 30.9 Å². The van der Waals surface area contributed by atoms with E-state index in [1.165, 1.54) is 12.8 Å². The maximum absolute atomic E-state index is 6.01. The summed E-state index contributed by atoms with van der Waals surface area (Å²) in [4.78, 5) is 11.5. The lowest BCUT2D eigenvalue weighted by Gasteiger charge is -2.31. The van der Waals surface area contributed by atoms with Crippen LogP contribution in [0.25, 0.3) is 0 Å². The van der Waals surface area contributed by atoms with Crippen molar-refractivity contribution in [1.82, 2.24) is 9.97 Å². The standard InChI is InChI=1S/C16H28N4O/c1-11(12-6-7-12)20(8-9-21-5)14-10-13(17)18-15(19-14)16(2,3)4/h10-12H,6-9H2,1-5H3,(H2,17,18,19). The van der Waals surface area contributed by atoms with Gasteiger partial charge in [0.25, 0.3) is 0 Å². The van der Waals surface area contributed by atoms with Crippen LogP contribution in [0, 0.1) is 5.92 Å². The Kier molecular flexibility index (Phi) is 4.71. The van der Waals surface area contributed by atoms with Gasteiger partial charge in [0.1, 0.15) is 17.5 Å². The van der Waals surface area contributed by atoms with E-state index in [1.54, 1.807) is 7.11 Å². The Hall–Kier alpha value is -1.36. The second-order valence-electron chi connectivity index (χ2n) is 6.99. The molecule has 0 saturated heterocycles. The highest BCUT2D eigenvalue weighted by Crippen LogP contribution is 2.37. The predicted octanol–water partition coefficient (Wildman–Crippen LogP) is 2.61. The topological polar surface area (TPSA) is 64.3 Å². The summed E-state index contributed by atoms with van der Waals surface area (Å²) in [5, 5.41) is 0. The molecule has 1 unspecified atom stereocenters. The lowest BCUT2D eigenvalue weighted by molar-refractivity contribution is 0.202. The number of hydrogen-bond donors (Lipinski definition) is 1. The summed E-state index contributed by atoms with van der Waals surface area (Å²) >= 11 is 0. The Morgan fingerprint density at radius 1 is 1.38 bits per heavy atom. The van der Waals surface area contributed by atoms with E-state index in [0.717, 1.165) is 24.1 Å². The third kappa shape index (κ3) is 4.06. The van der Waals surface area contributed by atoms with E-state index in [1.807, 2.05) is 6.07 Å². The van der Waals surface area contributed by atoms with Gasteiger partial charge in [-0.2, -0.15) is 0 Å². The van der Waals surface area contributed by atoms with Crippen LogP contribution in [0.5, 0.6) is 0 Å². The van der Waals surface area contributed by atoms with Crippen LogP contribution in [0.15, 0.2) is 6.07 Å². The van der Waals surface area contributed by atoms with Gasteiger partial charge in [-0.3, -0.25) is 0 Å². The summed E-state index contributed by atoms with van der Waals surface area (Å²) < 4.78 is 5.26. The Balaban J connectivity index is 2.31. The van der Waals surface area contributed by atoms with Crippen molar-refractivity contribution in [3.05, 3.63) is 11.9 Å². The van der Waals surface area contributed by atoms with E-state index >= 15 is 0 Å². The second-order valence-corrected chi connectivity index (χ2v) is 6.99. The zero-order valence-corrected chi connectivity index (χ0v) is 13.9. The molecule has 1 aliphatic rings. The third-order valence-electron chi connectivity index (χ3n) is 4.03. The van der Waals surface area contributed by atoms with Crippen molar-refractivity contribution in [1.29, 1.82) is 0 Å². The number of rotatable bonds is 6. The van der Waals surface area contributed by atoms with Crippen LogP contribution in [-0.4, -0.2) is 36.3 Å². The molecule has 1 aromatic heterocycles. The monoisotopic (exact) mass is 292 g/mol. The molecule has 1 saturated carbocycles. The van der Waals surface area contributed by atoms with Gasteiger partial charge in [0.2, 0.25) is 0 Å². The highest BCUT2D eigenvalue weighted by molar-refractivity contribution is 5.48. The van der Waals surface area contributed by atoms with Crippen LogP contribution >= 0.6 is 0 Å². The van der Waals surface area contributed by atoms with Gasteiger partial charge in [-0.25, -0.2) is 9.97 Å². The average Bonchev–Trinajstić information content (AvgIpc) is 3.21. The highest BCUT2D eigenvalue weighted by Gasteiger charge is 2.33. The van der Waals surface area contributed by atoms with Crippen molar-refractivity contribution < 1.29 is 4.74 Å². The number of hydrogen-bond acceptors (Lipinski definition) is 5. The summed E-state index contributed by atoms with van der Waals surface area (Å²) in [5.41, 5.74) is 5.89. The summed E-state index contributed by atoms with van der Waals surface area (Å²) in [6, 6.07) is 2.34. The zero-order valence-electron chi connectivity index (χ0n) is 13.9. The van der Waals surface area contributed by atoms with Crippen LogP contribution < -0.4 is 10.6 Å². The summed E-state index contributed by atoms with van der Waals surface area (Å²) in [6.45, 7) is 10.1. The molecule has 0 amide bonds. The van der Waals surface area contributed by atoms with Gasteiger partial charge in [0, 0.05) is 31.2 Å². The molecule has 0 spiro atoms. The van der Waals surface area contributed by atoms with Crippen molar-refractivity contribution in [3.8, 4) is 0 Å². The molecule has 0 aliphatic heterocycles. The molecule has 118 valence electrons. The normalized spacial score (nSPS) is 16.8. The van der Waals surface area contributed by atoms with Crippen LogP contribution in [0.1, 0.15) is 46.4 Å². The first-order valence-electron chi connectivity index (χ1n) is 7.73. The van der Waals surface area contributed by atoms with E-state index in [2.05, 4.69) is 37.6 Å². The largest absolute Gasteiger partial charge is 0.384 e. The number of anilines is 2. The summed E-state index contributed by atoms with van der Waals surface area (Å²) in [7, 11) is 1.73. The van der Waals surface area contributed by atoms with Crippen molar-refractivity contribution in [2.24, 2.45) is 5.92 Å². The van der Waals surface area contributed by atoms with Gasteiger partial charge in [-0.1, -0.05) is 20.8 Å². The van der Waals surface area contributed by atoms with Gasteiger partial charge < -0.3 is 15.4 Å². The van der Waals surface area contributed by atoms with Gasteiger partial charge in [0.15, 0.2) is 0 Å². The fourth-order valence-corrected chi connectivity index (χ4v) is 2.48. The quantitative estimate of drug-likeness (QED) is 0.873. The van der Waals surface area contributed by atoms with Gasteiger partial charge >= 0.3 is 0 Å². The molecule has 5 heteroatoms. The molecule has 2 rings (SSSR count). The molecular formula is C16H28N4O. The van der Waals surface area contributed by atoms with Crippen molar-refractivity contribution in [2.45, 2.75) is 52.0 Å². The first-order valence-corrected chi connectivity index (χ1v) is 7.73. The Labute approximate surface area is 127 Å². The lowest BCUT2D eigenvalue weighted by atomic mass is 9.95. The molecule has 1 aromatic rings. The number of methoxy groups -OCH3 is 1. The number of nitrogens with zero attached hydrogens (tertiary/aromatic N) is 3. The van der Waals surface area contributed by atoms with Crippen molar-refractivity contribution >= 4 is 11.6 Å². The Morgan fingerprint density at radius 3 is 2.57 bits per heavy atom. The third-order valence-corrected chi connectivity index (χ3v) is 4.03. The molecule has 0 aromatic carbocycles. The van der Waals surface area contributed by atoms with E-state index in [-0.39, 0.29) is 5.41 Å².